The number of carboxylic acid groups (broad SMARTS) is 1. The van der Waals surface area contributed by atoms with Crippen LogP contribution in [-0.4, -0.2) is 11.1 Å². The van der Waals surface area contributed by atoms with Gasteiger partial charge in [-0.3, -0.25) is 0 Å². The van der Waals surface area contributed by atoms with Crippen LogP contribution < -0.4 is 0 Å². The number of benzene rings is 1. The maximum atomic E-state index is 10.9. The molecule has 1 N–H and O–H groups in total. The van der Waals surface area contributed by atoms with Gasteiger partial charge < -0.3 is 5.11 Å². The zero-order valence-corrected chi connectivity index (χ0v) is 11.5. The van der Waals surface area contributed by atoms with Crippen molar-refractivity contribution < 1.29 is 9.90 Å². The molecule has 1 aliphatic rings. The Morgan fingerprint density at radius 2 is 2.00 bits per heavy atom. The lowest BCUT2D eigenvalue weighted by Crippen LogP contribution is -2.25. The van der Waals surface area contributed by atoms with Crippen molar-refractivity contribution >= 4 is 11.5 Å². The van der Waals surface area contributed by atoms with Crippen LogP contribution >= 0.6 is 0 Å². The molecular formula is C16H20O2. The van der Waals surface area contributed by atoms with Crippen molar-refractivity contribution in [2.24, 2.45) is 0 Å². The van der Waals surface area contributed by atoms with Gasteiger partial charge in [0.2, 0.25) is 0 Å². The Hall–Kier alpha value is -1.57. The zero-order valence-electron chi connectivity index (χ0n) is 11.5. The van der Waals surface area contributed by atoms with E-state index in [1.54, 1.807) is 0 Å². The molecule has 0 amide bonds. The van der Waals surface area contributed by atoms with Crippen molar-refractivity contribution in [3.63, 3.8) is 0 Å². The highest BCUT2D eigenvalue weighted by atomic mass is 16.4. The van der Waals surface area contributed by atoms with Gasteiger partial charge >= 0.3 is 5.97 Å². The van der Waals surface area contributed by atoms with Gasteiger partial charge in [0.05, 0.1) is 0 Å². The fourth-order valence-electron chi connectivity index (χ4n) is 3.12. The average molecular weight is 244 g/mol. The third kappa shape index (κ3) is 2.20. The lowest BCUT2D eigenvalue weighted by molar-refractivity contribution is -0.131. The van der Waals surface area contributed by atoms with Crippen LogP contribution in [0.15, 0.2) is 18.2 Å². The Morgan fingerprint density at radius 3 is 2.61 bits per heavy atom. The minimum absolute atomic E-state index is 0.128. The van der Waals surface area contributed by atoms with Gasteiger partial charge in [-0.05, 0) is 54.4 Å². The number of allylic oxidation sites excluding steroid dienone is 1. The topological polar surface area (TPSA) is 37.3 Å². The Morgan fingerprint density at radius 1 is 1.33 bits per heavy atom. The summed E-state index contributed by atoms with van der Waals surface area (Å²) in [6.07, 6.45) is 3.21. The second kappa shape index (κ2) is 4.27. The van der Waals surface area contributed by atoms with Gasteiger partial charge in [0.15, 0.2) is 0 Å². The number of carbonyl (C=O) groups is 1. The summed E-state index contributed by atoms with van der Waals surface area (Å²) in [5, 5.41) is 8.98. The van der Waals surface area contributed by atoms with Gasteiger partial charge in [-0.25, -0.2) is 4.79 Å². The Labute approximate surface area is 108 Å². The van der Waals surface area contributed by atoms with Gasteiger partial charge in [0.25, 0.3) is 0 Å². The molecule has 0 radical (unpaired) electrons. The van der Waals surface area contributed by atoms with E-state index in [9.17, 15) is 4.79 Å². The molecule has 1 aromatic carbocycles. The molecule has 0 aromatic heterocycles. The van der Waals surface area contributed by atoms with Gasteiger partial charge in [0.1, 0.15) is 0 Å². The highest BCUT2D eigenvalue weighted by Gasteiger charge is 2.31. The summed E-state index contributed by atoms with van der Waals surface area (Å²) >= 11 is 0. The molecule has 0 spiro atoms. The number of aliphatic carboxylic acids is 1. The highest BCUT2D eigenvalue weighted by molar-refractivity contribution is 5.91. The van der Waals surface area contributed by atoms with E-state index < -0.39 is 5.97 Å². The number of rotatable bonds is 1. The summed E-state index contributed by atoms with van der Waals surface area (Å²) in [4.78, 5) is 10.9. The van der Waals surface area contributed by atoms with E-state index in [4.69, 9.17) is 5.11 Å². The maximum absolute atomic E-state index is 10.9. The zero-order chi connectivity index (χ0) is 13.5. The first-order valence-electron chi connectivity index (χ1n) is 6.37. The first kappa shape index (κ1) is 12.9. The monoisotopic (exact) mass is 244 g/mol. The summed E-state index contributed by atoms with van der Waals surface area (Å²) in [5.74, 6) is -0.852. The summed E-state index contributed by atoms with van der Waals surface area (Å²) in [6.45, 7) is 8.67. The normalized spacial score (nSPS) is 19.7. The minimum Gasteiger partial charge on any atom is -0.478 e. The molecule has 2 rings (SSSR count). The Bertz CT molecular complexity index is 536. The van der Waals surface area contributed by atoms with Crippen molar-refractivity contribution in [2.75, 3.05) is 0 Å². The van der Waals surface area contributed by atoms with E-state index in [1.807, 2.05) is 0 Å². The summed E-state index contributed by atoms with van der Waals surface area (Å²) < 4.78 is 0. The first-order valence-corrected chi connectivity index (χ1v) is 6.37. The standard InChI is InChI=1S/C16H20O2/c1-10-7-11(2)15-13(8-10)12(9-14(17)18)5-6-16(15,3)4/h7-9H,5-6H2,1-4H3,(H,17,18)/b12-9+. The Kier molecular flexibility index (Phi) is 3.05. The lowest BCUT2D eigenvalue weighted by atomic mass is 9.69. The Balaban J connectivity index is 2.70. The molecule has 0 unspecified atom stereocenters. The number of aryl methyl sites for hydroxylation is 2. The van der Waals surface area contributed by atoms with Crippen molar-refractivity contribution in [2.45, 2.75) is 46.0 Å². The van der Waals surface area contributed by atoms with Crippen molar-refractivity contribution in [3.8, 4) is 0 Å². The molecule has 96 valence electrons. The van der Waals surface area contributed by atoms with Crippen LogP contribution in [0.25, 0.3) is 5.57 Å². The van der Waals surface area contributed by atoms with Crippen molar-refractivity contribution in [1.29, 1.82) is 0 Å². The highest BCUT2D eigenvalue weighted by Crippen LogP contribution is 2.44. The predicted octanol–water partition coefficient (Wildman–Crippen LogP) is 3.84. The summed E-state index contributed by atoms with van der Waals surface area (Å²) in [5.41, 5.74) is 6.00. The lowest BCUT2D eigenvalue weighted by Gasteiger charge is -2.35. The first-order chi connectivity index (χ1) is 8.31. The van der Waals surface area contributed by atoms with Gasteiger partial charge in [0, 0.05) is 6.08 Å². The molecule has 2 heteroatoms. The number of hydrogen-bond donors (Lipinski definition) is 1. The maximum Gasteiger partial charge on any atom is 0.328 e. The fraction of sp³-hybridized carbons (Fsp3) is 0.438. The van der Waals surface area contributed by atoms with Crippen LogP contribution in [0.1, 0.15) is 48.9 Å². The van der Waals surface area contributed by atoms with Crippen LogP contribution in [0.5, 0.6) is 0 Å². The quantitative estimate of drug-likeness (QED) is 0.762. The summed E-state index contributed by atoms with van der Waals surface area (Å²) in [7, 11) is 0. The van der Waals surface area contributed by atoms with E-state index in [1.165, 1.54) is 22.8 Å². The smallest absolute Gasteiger partial charge is 0.328 e. The minimum atomic E-state index is -0.852. The molecule has 1 aromatic rings. The largest absolute Gasteiger partial charge is 0.478 e. The third-order valence-corrected chi connectivity index (χ3v) is 3.82. The predicted molar refractivity (Wildman–Crippen MR) is 73.8 cm³/mol. The third-order valence-electron chi connectivity index (χ3n) is 3.82. The second-order valence-corrected chi connectivity index (χ2v) is 5.90. The fourth-order valence-corrected chi connectivity index (χ4v) is 3.12. The molecular weight excluding hydrogens is 224 g/mol. The van der Waals surface area contributed by atoms with Crippen LogP contribution in [0.2, 0.25) is 0 Å². The van der Waals surface area contributed by atoms with Crippen LogP contribution in [0, 0.1) is 13.8 Å². The van der Waals surface area contributed by atoms with Crippen LogP contribution in [0.4, 0.5) is 0 Å². The number of fused-ring (bicyclic) bond motifs is 1. The molecule has 0 aliphatic heterocycles. The van der Waals surface area contributed by atoms with Gasteiger partial charge in [-0.2, -0.15) is 0 Å². The molecule has 0 atom stereocenters. The second-order valence-electron chi connectivity index (χ2n) is 5.90. The van der Waals surface area contributed by atoms with E-state index in [0.717, 1.165) is 24.0 Å². The molecule has 0 heterocycles. The van der Waals surface area contributed by atoms with Crippen molar-refractivity contribution in [1.82, 2.24) is 0 Å². The van der Waals surface area contributed by atoms with Crippen LogP contribution in [-0.2, 0) is 10.2 Å². The van der Waals surface area contributed by atoms with Gasteiger partial charge in [-0.15, -0.1) is 0 Å². The average Bonchev–Trinajstić information content (AvgIpc) is 2.20. The van der Waals surface area contributed by atoms with E-state index in [-0.39, 0.29) is 5.41 Å². The molecule has 1 aliphatic carbocycles. The molecule has 0 fully saturated rings. The van der Waals surface area contributed by atoms with Crippen molar-refractivity contribution in [3.05, 3.63) is 40.5 Å². The van der Waals surface area contributed by atoms with E-state index >= 15 is 0 Å². The number of hydrogen-bond acceptors (Lipinski definition) is 1. The van der Waals surface area contributed by atoms with E-state index in [2.05, 4.69) is 39.8 Å². The molecule has 0 saturated carbocycles. The number of carboxylic acids is 1. The molecule has 2 nitrogen and oxygen atoms in total. The van der Waals surface area contributed by atoms with Gasteiger partial charge in [-0.1, -0.05) is 31.5 Å². The SMILES string of the molecule is Cc1cc(C)c2c(c1)/C(=C/C(=O)O)CCC2(C)C. The molecule has 0 bridgehead atoms. The molecule has 18 heavy (non-hydrogen) atoms. The van der Waals surface area contributed by atoms with E-state index in [0.29, 0.717) is 0 Å². The van der Waals surface area contributed by atoms with Crippen LogP contribution in [0.3, 0.4) is 0 Å². The summed E-state index contributed by atoms with van der Waals surface area (Å²) in [6, 6.07) is 4.31. The molecule has 0 saturated heterocycles.